The van der Waals surface area contributed by atoms with E-state index in [-0.39, 0.29) is 0 Å². The summed E-state index contributed by atoms with van der Waals surface area (Å²) < 4.78 is 56.7. The lowest BCUT2D eigenvalue weighted by atomic mass is 11.6. The third-order valence-corrected chi connectivity index (χ3v) is 1.43. The van der Waals surface area contributed by atoms with Gasteiger partial charge in [0.05, 0.1) is 0 Å². The molecule has 0 bridgehead atoms. The van der Waals surface area contributed by atoms with Crippen LogP contribution in [0.15, 0.2) is 0 Å². The van der Waals surface area contributed by atoms with Crippen LogP contribution >= 0.6 is 0 Å². The molecular formula is C2H4F3NO3S. The molecule has 0 aliphatic heterocycles. The van der Waals surface area contributed by atoms with Gasteiger partial charge in [-0.2, -0.15) is 31.4 Å². The lowest BCUT2D eigenvalue weighted by Gasteiger charge is -2.04. The minimum absolute atomic E-state index is 0.906. The Bertz CT molecular complexity index is 194. The first-order chi connectivity index (χ1) is 4.31. The van der Waals surface area contributed by atoms with Gasteiger partial charge in [-0.3, -0.25) is 0 Å². The molecule has 0 amide bonds. The molecule has 0 unspecified atom stereocenters. The average Bonchev–Trinajstić information content (AvgIpc) is 1.61. The van der Waals surface area contributed by atoms with Crippen molar-refractivity contribution in [1.29, 1.82) is 0 Å². The van der Waals surface area contributed by atoms with Crippen molar-refractivity contribution < 1.29 is 25.9 Å². The molecule has 0 aromatic carbocycles. The van der Waals surface area contributed by atoms with E-state index in [0.717, 1.165) is 7.05 Å². The van der Waals surface area contributed by atoms with Gasteiger partial charge in [0.1, 0.15) is 0 Å². The van der Waals surface area contributed by atoms with Gasteiger partial charge in [0.2, 0.25) is 0 Å². The molecule has 0 saturated heterocycles. The van der Waals surface area contributed by atoms with Crippen molar-refractivity contribution >= 4 is 10.1 Å². The van der Waals surface area contributed by atoms with E-state index in [4.69, 9.17) is 0 Å². The summed E-state index contributed by atoms with van der Waals surface area (Å²) in [6, 6.07) is 0. The van der Waals surface area contributed by atoms with E-state index in [1.54, 1.807) is 0 Å². The number of alkyl halides is 3. The molecular weight excluding hydrogens is 175 g/mol. The molecule has 0 aromatic rings. The van der Waals surface area contributed by atoms with E-state index in [9.17, 15) is 21.6 Å². The van der Waals surface area contributed by atoms with Gasteiger partial charge >= 0.3 is 15.6 Å². The first-order valence-corrected chi connectivity index (χ1v) is 3.38. The van der Waals surface area contributed by atoms with Crippen molar-refractivity contribution in [2.45, 2.75) is 5.51 Å². The zero-order valence-electron chi connectivity index (χ0n) is 4.77. The Hall–Kier alpha value is -0.340. The van der Waals surface area contributed by atoms with E-state index in [1.165, 1.54) is 5.48 Å². The van der Waals surface area contributed by atoms with Crippen LogP contribution in [0.25, 0.3) is 0 Å². The molecule has 8 heteroatoms. The second-order valence-electron chi connectivity index (χ2n) is 1.19. The molecule has 10 heavy (non-hydrogen) atoms. The molecule has 0 radical (unpaired) electrons. The van der Waals surface area contributed by atoms with Crippen molar-refractivity contribution in [1.82, 2.24) is 5.48 Å². The molecule has 0 rings (SSSR count). The van der Waals surface area contributed by atoms with Gasteiger partial charge in [-0.05, 0) is 0 Å². The zero-order chi connectivity index (χ0) is 8.41. The number of halogens is 3. The highest BCUT2D eigenvalue weighted by molar-refractivity contribution is 7.87. The van der Waals surface area contributed by atoms with Gasteiger partial charge in [0.15, 0.2) is 0 Å². The highest BCUT2D eigenvalue weighted by Crippen LogP contribution is 2.23. The fraction of sp³-hybridized carbons (Fsp3) is 1.00. The van der Waals surface area contributed by atoms with Gasteiger partial charge < -0.3 is 0 Å². The number of hydrogen-bond acceptors (Lipinski definition) is 4. The largest absolute Gasteiger partial charge is 0.524 e. The Morgan fingerprint density at radius 1 is 1.40 bits per heavy atom. The van der Waals surface area contributed by atoms with Crippen LogP contribution in [0.1, 0.15) is 0 Å². The predicted molar refractivity (Wildman–Crippen MR) is 25.1 cm³/mol. The monoisotopic (exact) mass is 179 g/mol. The van der Waals surface area contributed by atoms with E-state index < -0.39 is 15.6 Å². The van der Waals surface area contributed by atoms with Crippen LogP contribution < -0.4 is 5.48 Å². The van der Waals surface area contributed by atoms with Crippen molar-refractivity contribution in [3.8, 4) is 0 Å². The number of nitrogens with one attached hydrogen (secondary N) is 1. The summed E-state index contributed by atoms with van der Waals surface area (Å²) >= 11 is 0. The van der Waals surface area contributed by atoms with Crippen molar-refractivity contribution in [3.63, 3.8) is 0 Å². The van der Waals surface area contributed by atoms with Crippen molar-refractivity contribution in [2.24, 2.45) is 0 Å². The Morgan fingerprint density at radius 2 is 1.80 bits per heavy atom. The smallest absolute Gasteiger partial charge is 0.188 e. The maximum atomic E-state index is 11.3. The molecule has 62 valence electrons. The second-order valence-corrected chi connectivity index (χ2v) is 2.73. The minimum atomic E-state index is -5.46. The van der Waals surface area contributed by atoms with Crippen LogP contribution in [0, 0.1) is 0 Å². The first-order valence-electron chi connectivity index (χ1n) is 1.98. The highest BCUT2D eigenvalue weighted by atomic mass is 32.2. The normalized spacial score (nSPS) is 13.6. The summed E-state index contributed by atoms with van der Waals surface area (Å²) in [6.45, 7) is 0. The fourth-order valence-corrected chi connectivity index (χ4v) is 0.471. The lowest BCUT2D eigenvalue weighted by molar-refractivity contribution is -0.0574. The molecule has 1 N–H and O–H groups in total. The number of hydroxylamine groups is 1. The molecule has 0 saturated carbocycles. The molecule has 0 fully saturated rings. The third kappa shape index (κ3) is 2.12. The van der Waals surface area contributed by atoms with E-state index in [0.29, 0.717) is 0 Å². The summed E-state index contributed by atoms with van der Waals surface area (Å²) in [5.41, 5.74) is -3.96. The Labute approximate surface area is 55.1 Å². The summed E-state index contributed by atoms with van der Waals surface area (Å²) in [5, 5.41) is 0. The van der Waals surface area contributed by atoms with Gasteiger partial charge in [0, 0.05) is 7.05 Å². The Kier molecular flexibility index (Phi) is 2.63. The maximum absolute atomic E-state index is 11.3. The predicted octanol–water partition coefficient (Wildman–Crippen LogP) is -0.0130. The highest BCUT2D eigenvalue weighted by Gasteiger charge is 2.47. The quantitative estimate of drug-likeness (QED) is 0.478. The second kappa shape index (κ2) is 2.72. The number of hydrogen-bond donors (Lipinski definition) is 1. The Balaban J connectivity index is 4.44. The van der Waals surface area contributed by atoms with Crippen molar-refractivity contribution in [3.05, 3.63) is 0 Å². The average molecular weight is 179 g/mol. The van der Waals surface area contributed by atoms with Crippen LogP contribution in [0.4, 0.5) is 13.2 Å². The molecule has 0 aromatic heterocycles. The van der Waals surface area contributed by atoms with Crippen LogP contribution in [-0.2, 0) is 14.4 Å². The molecule has 0 spiro atoms. The molecule has 0 atom stereocenters. The summed E-state index contributed by atoms with van der Waals surface area (Å²) in [7, 11) is -4.55. The summed E-state index contributed by atoms with van der Waals surface area (Å²) in [6.07, 6.45) is 0. The SMILES string of the molecule is CNOS(=O)(=O)C(F)(F)F. The van der Waals surface area contributed by atoms with E-state index in [1.807, 2.05) is 0 Å². The fourth-order valence-electron chi connectivity index (χ4n) is 0.157. The van der Waals surface area contributed by atoms with Crippen LogP contribution in [0.3, 0.4) is 0 Å². The molecule has 4 nitrogen and oxygen atoms in total. The molecule has 0 aliphatic carbocycles. The van der Waals surface area contributed by atoms with Crippen LogP contribution in [0.2, 0.25) is 0 Å². The Morgan fingerprint density at radius 3 is 1.90 bits per heavy atom. The first kappa shape index (κ1) is 9.66. The zero-order valence-corrected chi connectivity index (χ0v) is 5.58. The van der Waals surface area contributed by atoms with E-state index in [2.05, 4.69) is 4.28 Å². The molecule has 0 heterocycles. The van der Waals surface area contributed by atoms with Crippen LogP contribution in [0.5, 0.6) is 0 Å². The maximum Gasteiger partial charge on any atom is 0.524 e. The third-order valence-electron chi connectivity index (χ3n) is 0.477. The van der Waals surface area contributed by atoms with Gasteiger partial charge in [-0.1, -0.05) is 0 Å². The summed E-state index contributed by atoms with van der Waals surface area (Å²) in [4.78, 5) is 0. The number of rotatable bonds is 2. The lowest BCUT2D eigenvalue weighted by Crippen LogP contribution is -2.29. The standard InChI is InChI=1S/C2H4F3NO3S/c1-6-9-10(7,8)2(3,4)5/h6H,1H3. The summed E-state index contributed by atoms with van der Waals surface area (Å²) in [5.74, 6) is 0. The van der Waals surface area contributed by atoms with Crippen molar-refractivity contribution in [2.75, 3.05) is 7.05 Å². The molecule has 0 aliphatic rings. The van der Waals surface area contributed by atoms with Crippen LogP contribution in [-0.4, -0.2) is 21.0 Å². The van der Waals surface area contributed by atoms with Gasteiger partial charge in [-0.15, -0.1) is 0 Å². The minimum Gasteiger partial charge on any atom is -0.188 e. The topological polar surface area (TPSA) is 55.4 Å². The van der Waals surface area contributed by atoms with Gasteiger partial charge in [0.25, 0.3) is 0 Å². The van der Waals surface area contributed by atoms with Gasteiger partial charge in [-0.25, -0.2) is 0 Å². The van der Waals surface area contributed by atoms with E-state index >= 15 is 0 Å².